The van der Waals surface area contributed by atoms with Gasteiger partial charge in [0.05, 0.1) is 6.61 Å². The molecule has 32 heavy (non-hydrogen) atoms. The van der Waals surface area contributed by atoms with Crippen LogP contribution in [0.3, 0.4) is 0 Å². The van der Waals surface area contributed by atoms with Crippen LogP contribution < -0.4 is 0 Å². The highest BCUT2D eigenvalue weighted by Gasteiger charge is 2.13. The standard InChI is InChI=1S/C18H16.C11H11NO2/c1-3-7-15-13(5-1)9-11-18-16-8-4-2-6-14(16)10-12-17(15)18;1-2-14-11(13)10-7-8-5-3-4-6-9(8)12-10/h1,3,5,7,9-12H,2,4,6,8H2;3-7,12H,2H2,1H3. The molecule has 160 valence electrons. The molecule has 3 heteroatoms. The molecule has 1 N–H and O–H groups in total. The third-order valence-corrected chi connectivity index (χ3v) is 6.28. The second-order valence-electron chi connectivity index (χ2n) is 8.28. The molecule has 0 spiro atoms. The van der Waals surface area contributed by atoms with E-state index in [9.17, 15) is 4.79 Å². The number of benzene rings is 4. The summed E-state index contributed by atoms with van der Waals surface area (Å²) in [5.74, 6) is -0.302. The molecule has 1 aliphatic rings. The minimum Gasteiger partial charge on any atom is -0.461 e. The summed E-state index contributed by atoms with van der Waals surface area (Å²) >= 11 is 0. The summed E-state index contributed by atoms with van der Waals surface area (Å²) in [6.45, 7) is 2.19. The topological polar surface area (TPSA) is 42.1 Å². The van der Waals surface area contributed by atoms with Crippen molar-refractivity contribution in [1.82, 2.24) is 4.98 Å². The fourth-order valence-electron chi connectivity index (χ4n) is 4.73. The van der Waals surface area contributed by atoms with Crippen LogP contribution in [0.4, 0.5) is 0 Å². The molecular weight excluding hydrogens is 394 g/mol. The van der Waals surface area contributed by atoms with Gasteiger partial charge in [0.25, 0.3) is 0 Å². The van der Waals surface area contributed by atoms with Crippen LogP contribution in [-0.4, -0.2) is 17.6 Å². The minimum absolute atomic E-state index is 0.302. The van der Waals surface area contributed by atoms with E-state index in [-0.39, 0.29) is 5.97 Å². The van der Waals surface area contributed by atoms with Crippen molar-refractivity contribution >= 4 is 38.4 Å². The molecule has 1 aromatic heterocycles. The molecule has 0 saturated heterocycles. The van der Waals surface area contributed by atoms with E-state index in [1.165, 1.54) is 47.2 Å². The second-order valence-corrected chi connectivity index (χ2v) is 8.28. The van der Waals surface area contributed by atoms with Gasteiger partial charge in [-0.15, -0.1) is 0 Å². The fourth-order valence-corrected chi connectivity index (χ4v) is 4.73. The zero-order chi connectivity index (χ0) is 21.9. The second kappa shape index (κ2) is 8.88. The Labute approximate surface area is 188 Å². The van der Waals surface area contributed by atoms with Gasteiger partial charge in [0, 0.05) is 10.9 Å². The quantitative estimate of drug-likeness (QED) is 0.242. The van der Waals surface area contributed by atoms with Crippen molar-refractivity contribution in [3.63, 3.8) is 0 Å². The molecule has 4 aromatic carbocycles. The van der Waals surface area contributed by atoms with Crippen LogP contribution >= 0.6 is 0 Å². The number of carbonyl (C=O) groups excluding carboxylic acids is 1. The number of aryl methyl sites for hydroxylation is 2. The number of aromatic nitrogens is 1. The highest BCUT2D eigenvalue weighted by Crippen LogP contribution is 2.33. The SMILES string of the molecule is CCOC(=O)c1cc2ccccc2[nH]1.c1ccc2c(c1)ccc1c3c(ccc12)CCCC3. The number of aromatic amines is 1. The number of fused-ring (bicyclic) bond motifs is 6. The van der Waals surface area contributed by atoms with E-state index in [4.69, 9.17) is 4.74 Å². The average Bonchev–Trinajstić information content (AvgIpc) is 3.29. The lowest BCUT2D eigenvalue weighted by Gasteiger charge is -2.18. The molecule has 0 amide bonds. The molecule has 1 aliphatic carbocycles. The first-order valence-electron chi connectivity index (χ1n) is 11.4. The van der Waals surface area contributed by atoms with Gasteiger partial charge in [-0.25, -0.2) is 4.79 Å². The largest absolute Gasteiger partial charge is 0.461 e. The Morgan fingerprint density at radius 2 is 1.56 bits per heavy atom. The summed E-state index contributed by atoms with van der Waals surface area (Å²) < 4.78 is 4.89. The normalized spacial score (nSPS) is 12.9. The Hall–Kier alpha value is -3.59. The molecule has 0 saturated carbocycles. The number of carbonyl (C=O) groups is 1. The Morgan fingerprint density at radius 1 is 0.812 bits per heavy atom. The molecule has 3 nitrogen and oxygen atoms in total. The predicted molar refractivity (Wildman–Crippen MR) is 132 cm³/mol. The number of para-hydroxylation sites is 1. The molecule has 6 rings (SSSR count). The number of hydrogen-bond acceptors (Lipinski definition) is 2. The van der Waals surface area contributed by atoms with E-state index in [0.717, 1.165) is 10.9 Å². The summed E-state index contributed by atoms with van der Waals surface area (Å²) in [6, 6.07) is 27.5. The zero-order valence-corrected chi connectivity index (χ0v) is 18.4. The maximum absolute atomic E-state index is 11.4. The van der Waals surface area contributed by atoms with Crippen LogP contribution in [0, 0.1) is 0 Å². The monoisotopic (exact) mass is 421 g/mol. The number of H-pyrrole nitrogens is 1. The predicted octanol–water partition coefficient (Wildman–Crippen LogP) is 7.22. The van der Waals surface area contributed by atoms with Crippen molar-refractivity contribution in [2.45, 2.75) is 32.6 Å². The van der Waals surface area contributed by atoms with Crippen LogP contribution in [0.5, 0.6) is 0 Å². The van der Waals surface area contributed by atoms with Gasteiger partial charge in [0.15, 0.2) is 0 Å². The number of esters is 1. The van der Waals surface area contributed by atoms with Crippen LogP contribution in [-0.2, 0) is 17.6 Å². The summed E-state index contributed by atoms with van der Waals surface area (Å²) in [4.78, 5) is 14.4. The third-order valence-electron chi connectivity index (χ3n) is 6.28. The number of rotatable bonds is 2. The average molecular weight is 422 g/mol. The van der Waals surface area contributed by atoms with Gasteiger partial charge in [0.1, 0.15) is 5.69 Å². The van der Waals surface area contributed by atoms with Crippen molar-refractivity contribution in [3.8, 4) is 0 Å². The maximum atomic E-state index is 11.4. The van der Waals surface area contributed by atoms with Gasteiger partial charge >= 0.3 is 5.97 Å². The summed E-state index contributed by atoms with van der Waals surface area (Å²) in [6.07, 6.45) is 5.22. The van der Waals surface area contributed by atoms with E-state index in [2.05, 4.69) is 53.5 Å². The van der Waals surface area contributed by atoms with E-state index in [1.54, 1.807) is 24.1 Å². The van der Waals surface area contributed by atoms with Gasteiger partial charge in [-0.2, -0.15) is 0 Å². The summed E-state index contributed by atoms with van der Waals surface area (Å²) in [5.41, 5.74) is 4.64. The van der Waals surface area contributed by atoms with E-state index >= 15 is 0 Å². The van der Waals surface area contributed by atoms with Gasteiger partial charge < -0.3 is 9.72 Å². The molecular formula is C29H27NO2. The van der Waals surface area contributed by atoms with Crippen LogP contribution in [0.25, 0.3) is 32.4 Å². The van der Waals surface area contributed by atoms with Crippen LogP contribution in [0.15, 0.2) is 78.9 Å². The first kappa shape index (κ1) is 20.3. The molecule has 0 fully saturated rings. The first-order chi connectivity index (χ1) is 15.7. The van der Waals surface area contributed by atoms with Crippen molar-refractivity contribution in [2.75, 3.05) is 6.61 Å². The Bertz CT molecular complexity index is 1380. The number of nitrogens with one attached hydrogen (secondary N) is 1. The highest BCUT2D eigenvalue weighted by molar-refractivity contribution is 6.08. The van der Waals surface area contributed by atoms with Crippen molar-refractivity contribution in [2.24, 2.45) is 0 Å². The van der Waals surface area contributed by atoms with Crippen molar-refractivity contribution in [1.29, 1.82) is 0 Å². The van der Waals surface area contributed by atoms with E-state index < -0.39 is 0 Å². The van der Waals surface area contributed by atoms with Crippen LogP contribution in [0.1, 0.15) is 41.4 Å². The number of ether oxygens (including phenoxy) is 1. The molecule has 1 heterocycles. The molecule has 0 aliphatic heterocycles. The van der Waals surface area contributed by atoms with Gasteiger partial charge in [0.2, 0.25) is 0 Å². The molecule has 0 atom stereocenters. The third kappa shape index (κ3) is 3.87. The van der Waals surface area contributed by atoms with Crippen molar-refractivity contribution < 1.29 is 9.53 Å². The van der Waals surface area contributed by atoms with E-state index in [0.29, 0.717) is 12.3 Å². The summed E-state index contributed by atoms with van der Waals surface area (Å²) in [7, 11) is 0. The smallest absolute Gasteiger partial charge is 0.354 e. The Morgan fingerprint density at radius 3 is 2.41 bits per heavy atom. The minimum atomic E-state index is -0.302. The van der Waals surface area contributed by atoms with E-state index in [1.807, 2.05) is 24.3 Å². The lowest BCUT2D eigenvalue weighted by molar-refractivity contribution is 0.0520. The fraction of sp³-hybridized carbons (Fsp3) is 0.207. The van der Waals surface area contributed by atoms with Crippen LogP contribution in [0.2, 0.25) is 0 Å². The highest BCUT2D eigenvalue weighted by atomic mass is 16.5. The number of hydrogen-bond donors (Lipinski definition) is 1. The maximum Gasteiger partial charge on any atom is 0.354 e. The van der Waals surface area contributed by atoms with Gasteiger partial charge in [-0.05, 0) is 77.4 Å². The Kier molecular flexibility index (Phi) is 5.64. The van der Waals surface area contributed by atoms with Gasteiger partial charge in [-0.1, -0.05) is 66.7 Å². The van der Waals surface area contributed by atoms with Crippen molar-refractivity contribution in [3.05, 3.63) is 95.7 Å². The molecule has 0 radical (unpaired) electrons. The lowest BCUT2D eigenvalue weighted by Crippen LogP contribution is -2.04. The molecule has 0 unspecified atom stereocenters. The molecule has 0 bridgehead atoms. The zero-order valence-electron chi connectivity index (χ0n) is 18.4. The lowest BCUT2D eigenvalue weighted by atomic mass is 9.86. The molecule has 5 aromatic rings. The first-order valence-corrected chi connectivity index (χ1v) is 11.4. The summed E-state index contributed by atoms with van der Waals surface area (Å²) in [5, 5.41) is 6.67. The Balaban J connectivity index is 0.000000140. The van der Waals surface area contributed by atoms with Gasteiger partial charge in [-0.3, -0.25) is 0 Å².